The van der Waals surface area contributed by atoms with Gasteiger partial charge in [0.2, 0.25) is 0 Å². The fourth-order valence-electron chi connectivity index (χ4n) is 2.23. The van der Waals surface area contributed by atoms with Gasteiger partial charge in [-0.25, -0.2) is 0 Å². The molecule has 0 saturated heterocycles. The van der Waals surface area contributed by atoms with Crippen LogP contribution in [0.3, 0.4) is 0 Å². The molecule has 1 aromatic rings. The molecule has 0 atom stereocenters. The third-order valence-electron chi connectivity index (χ3n) is 3.32. The molecule has 0 amide bonds. The number of nitriles is 1. The van der Waals surface area contributed by atoms with Crippen molar-refractivity contribution in [1.82, 2.24) is 0 Å². The Kier molecular flexibility index (Phi) is 2.26. The molecule has 0 radical (unpaired) electrons. The lowest BCUT2D eigenvalue weighted by atomic mass is 9.63. The lowest BCUT2D eigenvalue weighted by molar-refractivity contribution is 0.252. The summed E-state index contributed by atoms with van der Waals surface area (Å²) in [7, 11) is 0. The zero-order valence-electron chi connectivity index (χ0n) is 8.16. The summed E-state index contributed by atoms with van der Waals surface area (Å²) in [4.78, 5) is 0. The Morgan fingerprint density at radius 2 is 2.07 bits per heavy atom. The molecule has 0 bridgehead atoms. The van der Waals surface area contributed by atoms with E-state index in [1.807, 2.05) is 24.3 Å². The van der Waals surface area contributed by atoms with Crippen molar-refractivity contribution in [1.29, 1.82) is 5.26 Å². The minimum atomic E-state index is 0.103. The highest BCUT2D eigenvalue weighted by atomic mass is 14.6. The summed E-state index contributed by atoms with van der Waals surface area (Å²) in [6, 6.07) is 10.1. The smallest absolute Gasteiger partial charge is 0.0994 e. The van der Waals surface area contributed by atoms with E-state index in [0.717, 1.165) is 24.0 Å². The Morgan fingerprint density at radius 1 is 1.36 bits per heavy atom. The van der Waals surface area contributed by atoms with E-state index in [-0.39, 0.29) is 5.41 Å². The van der Waals surface area contributed by atoms with Gasteiger partial charge in [0, 0.05) is 12.0 Å². The Morgan fingerprint density at radius 3 is 2.57 bits per heavy atom. The maximum Gasteiger partial charge on any atom is 0.0994 e. The average molecular weight is 186 g/mol. The minimum Gasteiger partial charge on any atom is -0.330 e. The van der Waals surface area contributed by atoms with Crippen molar-refractivity contribution < 1.29 is 0 Å². The van der Waals surface area contributed by atoms with E-state index in [9.17, 15) is 0 Å². The summed E-state index contributed by atoms with van der Waals surface area (Å²) in [5.74, 6) is 0. The molecular formula is C12H14N2. The summed E-state index contributed by atoms with van der Waals surface area (Å²) in [6.07, 6.45) is 3.49. The molecule has 0 unspecified atom stereocenters. The maximum absolute atomic E-state index is 9.01. The zero-order valence-corrected chi connectivity index (χ0v) is 8.16. The van der Waals surface area contributed by atoms with Crippen LogP contribution in [0.4, 0.5) is 0 Å². The van der Waals surface area contributed by atoms with Crippen LogP contribution >= 0.6 is 0 Å². The second-order valence-corrected chi connectivity index (χ2v) is 4.00. The number of benzene rings is 1. The minimum absolute atomic E-state index is 0.103. The van der Waals surface area contributed by atoms with Crippen molar-refractivity contribution in [2.75, 3.05) is 6.54 Å². The molecule has 1 fully saturated rings. The molecule has 2 heteroatoms. The highest BCUT2D eigenvalue weighted by Crippen LogP contribution is 2.43. The number of nitrogens with zero attached hydrogens (tertiary/aromatic N) is 1. The second kappa shape index (κ2) is 3.43. The molecule has 1 aromatic carbocycles. The predicted octanol–water partition coefficient (Wildman–Crippen LogP) is 1.94. The van der Waals surface area contributed by atoms with Gasteiger partial charge in [-0.2, -0.15) is 5.26 Å². The number of hydrogen-bond donors (Lipinski definition) is 1. The molecule has 0 aliphatic heterocycles. The monoisotopic (exact) mass is 186 g/mol. The first kappa shape index (κ1) is 9.23. The summed E-state index contributed by atoms with van der Waals surface area (Å²) >= 11 is 0. The largest absolute Gasteiger partial charge is 0.330 e. The molecule has 1 aliphatic carbocycles. The number of hydrogen-bond acceptors (Lipinski definition) is 2. The highest BCUT2D eigenvalue weighted by molar-refractivity contribution is 5.43. The molecule has 0 aromatic heterocycles. The molecule has 1 aliphatic rings. The first-order valence-corrected chi connectivity index (χ1v) is 5.02. The Bertz CT molecular complexity index is 367. The van der Waals surface area contributed by atoms with E-state index in [0.29, 0.717) is 6.54 Å². The van der Waals surface area contributed by atoms with E-state index in [1.54, 1.807) is 0 Å². The van der Waals surface area contributed by atoms with Crippen molar-refractivity contribution >= 4 is 0 Å². The van der Waals surface area contributed by atoms with Gasteiger partial charge in [0.05, 0.1) is 11.6 Å². The van der Waals surface area contributed by atoms with Crippen LogP contribution in [0.15, 0.2) is 24.3 Å². The van der Waals surface area contributed by atoms with Crippen molar-refractivity contribution in [3.63, 3.8) is 0 Å². The zero-order chi connectivity index (χ0) is 10.0. The van der Waals surface area contributed by atoms with Crippen molar-refractivity contribution in [2.45, 2.75) is 24.7 Å². The van der Waals surface area contributed by atoms with Crippen LogP contribution in [0.2, 0.25) is 0 Å². The van der Waals surface area contributed by atoms with Crippen LogP contribution in [-0.4, -0.2) is 6.54 Å². The third kappa shape index (κ3) is 1.21. The number of nitrogens with two attached hydrogens (primary N) is 1. The first-order valence-electron chi connectivity index (χ1n) is 5.02. The Balaban J connectivity index is 2.45. The molecule has 72 valence electrons. The quantitative estimate of drug-likeness (QED) is 0.767. The van der Waals surface area contributed by atoms with Gasteiger partial charge in [0.15, 0.2) is 0 Å². The first-order chi connectivity index (χ1) is 6.82. The predicted molar refractivity (Wildman–Crippen MR) is 55.7 cm³/mol. The van der Waals surface area contributed by atoms with Gasteiger partial charge in [-0.05, 0) is 24.5 Å². The van der Waals surface area contributed by atoms with Crippen molar-refractivity contribution in [3.8, 4) is 6.07 Å². The molecular weight excluding hydrogens is 172 g/mol. The highest BCUT2D eigenvalue weighted by Gasteiger charge is 2.38. The fraction of sp³-hybridized carbons (Fsp3) is 0.417. The second-order valence-electron chi connectivity index (χ2n) is 4.00. The van der Waals surface area contributed by atoms with E-state index in [1.165, 1.54) is 6.42 Å². The third-order valence-corrected chi connectivity index (χ3v) is 3.32. The van der Waals surface area contributed by atoms with Crippen LogP contribution in [0.25, 0.3) is 0 Å². The van der Waals surface area contributed by atoms with Gasteiger partial charge in [-0.15, -0.1) is 0 Å². The van der Waals surface area contributed by atoms with Gasteiger partial charge in [-0.3, -0.25) is 0 Å². The normalized spacial score (nSPS) is 18.3. The molecule has 14 heavy (non-hydrogen) atoms. The summed E-state index contributed by atoms with van der Waals surface area (Å²) in [5.41, 5.74) is 7.86. The van der Waals surface area contributed by atoms with Gasteiger partial charge in [0.1, 0.15) is 0 Å². The standard InChI is InChI=1S/C12H14N2/c13-8-10-4-1-2-5-11(10)12(9-14)6-3-7-12/h1-2,4-5H,3,6-7,9,14H2. The number of rotatable bonds is 2. The van der Waals surface area contributed by atoms with Gasteiger partial charge < -0.3 is 5.73 Å². The summed E-state index contributed by atoms with van der Waals surface area (Å²) < 4.78 is 0. The van der Waals surface area contributed by atoms with E-state index >= 15 is 0 Å². The molecule has 2 rings (SSSR count). The SMILES string of the molecule is N#Cc1ccccc1C1(CN)CCC1. The lowest BCUT2D eigenvalue weighted by Crippen LogP contribution is -2.42. The Hall–Kier alpha value is -1.33. The van der Waals surface area contributed by atoms with Crippen LogP contribution in [0.5, 0.6) is 0 Å². The van der Waals surface area contributed by atoms with Gasteiger partial charge >= 0.3 is 0 Å². The Labute approximate surface area is 84.3 Å². The van der Waals surface area contributed by atoms with E-state index < -0.39 is 0 Å². The van der Waals surface area contributed by atoms with Crippen LogP contribution in [0.1, 0.15) is 30.4 Å². The van der Waals surface area contributed by atoms with Crippen molar-refractivity contribution in [3.05, 3.63) is 35.4 Å². The molecule has 0 heterocycles. The molecule has 1 saturated carbocycles. The van der Waals surface area contributed by atoms with Crippen LogP contribution < -0.4 is 5.73 Å². The topological polar surface area (TPSA) is 49.8 Å². The van der Waals surface area contributed by atoms with E-state index in [2.05, 4.69) is 6.07 Å². The fourth-order valence-corrected chi connectivity index (χ4v) is 2.23. The average Bonchev–Trinajstić information content (AvgIpc) is 2.18. The van der Waals surface area contributed by atoms with Crippen molar-refractivity contribution in [2.24, 2.45) is 5.73 Å². The van der Waals surface area contributed by atoms with E-state index in [4.69, 9.17) is 11.0 Å². The van der Waals surface area contributed by atoms with Gasteiger partial charge in [-0.1, -0.05) is 24.6 Å². The summed E-state index contributed by atoms with van der Waals surface area (Å²) in [5, 5.41) is 9.01. The lowest BCUT2D eigenvalue weighted by Gasteiger charge is -2.42. The molecule has 2 nitrogen and oxygen atoms in total. The van der Waals surface area contributed by atoms with Crippen LogP contribution in [0, 0.1) is 11.3 Å². The molecule has 0 spiro atoms. The maximum atomic E-state index is 9.01. The van der Waals surface area contributed by atoms with Crippen LogP contribution in [-0.2, 0) is 5.41 Å². The van der Waals surface area contributed by atoms with Gasteiger partial charge in [0.25, 0.3) is 0 Å². The summed E-state index contributed by atoms with van der Waals surface area (Å²) in [6.45, 7) is 0.658. The molecule has 2 N–H and O–H groups in total.